The highest BCUT2D eigenvalue weighted by molar-refractivity contribution is 14.1. The minimum Gasteiger partial charge on any atom is -0.496 e. The van der Waals surface area contributed by atoms with Gasteiger partial charge < -0.3 is 4.74 Å². The topological polar surface area (TPSA) is 49.5 Å². The van der Waals surface area contributed by atoms with E-state index >= 15 is 0 Å². The zero-order chi connectivity index (χ0) is 9.14. The van der Waals surface area contributed by atoms with E-state index in [1.54, 1.807) is 13.2 Å². The molecule has 0 saturated heterocycles. The van der Waals surface area contributed by atoms with Crippen molar-refractivity contribution < 1.29 is 14.9 Å². The van der Waals surface area contributed by atoms with Crippen molar-refractivity contribution in [3.8, 4) is 5.75 Å². The second-order valence-electron chi connectivity index (χ2n) is 2.09. The molecular formula is C7H7INO3+. The molecule has 1 rings (SSSR count). The van der Waals surface area contributed by atoms with Crippen LogP contribution in [0.1, 0.15) is 0 Å². The van der Waals surface area contributed by atoms with Crippen LogP contribution >= 0.6 is 22.6 Å². The lowest BCUT2D eigenvalue weighted by atomic mass is 10.3. The zero-order valence-electron chi connectivity index (χ0n) is 6.32. The Morgan fingerprint density at radius 3 is 2.67 bits per heavy atom. The molecule has 1 aromatic rings. The summed E-state index contributed by atoms with van der Waals surface area (Å²) >= 11 is 2.02. The summed E-state index contributed by atoms with van der Waals surface area (Å²) < 4.78 is 5.75. The van der Waals surface area contributed by atoms with E-state index in [4.69, 9.17) is 9.94 Å². The number of hydrogen-bond acceptors (Lipinski definition) is 2. The fourth-order valence-corrected chi connectivity index (χ4v) is 1.49. The van der Waals surface area contributed by atoms with Crippen LogP contribution in [-0.4, -0.2) is 17.2 Å². The van der Waals surface area contributed by atoms with Gasteiger partial charge in [-0.25, -0.2) is 5.21 Å². The maximum Gasteiger partial charge on any atom is 0.317 e. The van der Waals surface area contributed by atoms with Gasteiger partial charge in [0.2, 0.25) is 0 Å². The van der Waals surface area contributed by atoms with Crippen LogP contribution in [0.25, 0.3) is 0 Å². The second-order valence-corrected chi connectivity index (χ2v) is 3.25. The van der Waals surface area contributed by atoms with Gasteiger partial charge in [0.1, 0.15) is 5.75 Å². The number of benzene rings is 1. The van der Waals surface area contributed by atoms with Crippen molar-refractivity contribution in [2.75, 3.05) is 7.11 Å². The highest BCUT2D eigenvalue weighted by Gasteiger charge is 2.13. The fraction of sp³-hybridized carbons (Fsp3) is 0.143. The molecule has 0 bridgehead atoms. The van der Waals surface area contributed by atoms with Gasteiger partial charge in [0, 0.05) is 12.1 Å². The third kappa shape index (κ3) is 1.84. The van der Waals surface area contributed by atoms with Crippen molar-refractivity contribution in [2.45, 2.75) is 0 Å². The van der Waals surface area contributed by atoms with Crippen LogP contribution in [0.15, 0.2) is 18.2 Å². The minimum atomic E-state index is -0.179. The number of methoxy groups -OCH3 is 1. The first-order valence-electron chi connectivity index (χ1n) is 3.15. The summed E-state index contributed by atoms with van der Waals surface area (Å²) in [6.45, 7) is 0. The molecule has 0 atom stereocenters. The third-order valence-electron chi connectivity index (χ3n) is 1.36. The summed E-state index contributed by atoms with van der Waals surface area (Å²) in [5.74, 6) is 0.682. The normalized spacial score (nSPS) is 9.50. The van der Waals surface area contributed by atoms with Crippen LogP contribution in [0.5, 0.6) is 5.75 Å². The highest BCUT2D eigenvalue weighted by Crippen LogP contribution is 2.24. The van der Waals surface area contributed by atoms with Crippen LogP contribution in [0, 0.1) is 8.48 Å². The zero-order valence-corrected chi connectivity index (χ0v) is 8.48. The third-order valence-corrected chi connectivity index (χ3v) is 2.20. The molecule has 0 spiro atoms. The molecule has 0 amide bonds. The summed E-state index contributed by atoms with van der Waals surface area (Å²) in [6.07, 6.45) is 0. The molecule has 0 fully saturated rings. The molecule has 12 heavy (non-hydrogen) atoms. The minimum absolute atomic E-state index is 0.179. The predicted octanol–water partition coefficient (Wildman–Crippen LogP) is 2.10. The molecule has 1 N–H and O–H groups in total. The van der Waals surface area contributed by atoms with Gasteiger partial charge in [0.15, 0.2) is 0 Å². The van der Waals surface area contributed by atoms with Crippen molar-refractivity contribution in [3.05, 3.63) is 26.7 Å². The van der Waals surface area contributed by atoms with Crippen molar-refractivity contribution in [1.29, 1.82) is 0 Å². The van der Waals surface area contributed by atoms with Crippen molar-refractivity contribution >= 4 is 28.3 Å². The van der Waals surface area contributed by atoms with Crippen LogP contribution in [0.4, 0.5) is 5.69 Å². The van der Waals surface area contributed by atoms with Gasteiger partial charge >= 0.3 is 5.69 Å². The van der Waals surface area contributed by atoms with Crippen LogP contribution in [0.3, 0.4) is 0 Å². The fourth-order valence-electron chi connectivity index (χ4n) is 0.774. The van der Waals surface area contributed by atoms with Crippen LogP contribution in [0.2, 0.25) is 0 Å². The van der Waals surface area contributed by atoms with E-state index in [2.05, 4.69) is 0 Å². The monoisotopic (exact) mass is 280 g/mol. The molecule has 4 nitrogen and oxygen atoms in total. The SMILES string of the molecule is COc1ccc([N+](=O)O)cc1I. The van der Waals surface area contributed by atoms with Gasteiger partial charge in [-0.2, -0.15) is 0 Å². The predicted molar refractivity (Wildman–Crippen MR) is 50.8 cm³/mol. The molecule has 1 aromatic carbocycles. The highest BCUT2D eigenvalue weighted by atomic mass is 127. The molecule has 0 aliphatic heterocycles. The van der Waals surface area contributed by atoms with Crippen molar-refractivity contribution in [2.24, 2.45) is 0 Å². The van der Waals surface area contributed by atoms with Crippen molar-refractivity contribution in [3.63, 3.8) is 0 Å². The molecule has 0 aliphatic rings. The van der Waals surface area contributed by atoms with Gasteiger partial charge in [-0.1, -0.05) is 0 Å². The van der Waals surface area contributed by atoms with Gasteiger partial charge in [-0.3, -0.25) is 0 Å². The van der Waals surface area contributed by atoms with E-state index in [0.29, 0.717) is 5.75 Å². The summed E-state index contributed by atoms with van der Waals surface area (Å²) in [5.41, 5.74) is 0.195. The molecule has 0 heterocycles. The first-order chi connectivity index (χ1) is 5.65. The van der Waals surface area contributed by atoms with Crippen LogP contribution in [-0.2, 0) is 0 Å². The first kappa shape index (κ1) is 9.24. The molecule has 0 aromatic heterocycles. The van der Waals surface area contributed by atoms with Gasteiger partial charge in [-0.15, -0.1) is 0 Å². The van der Waals surface area contributed by atoms with Gasteiger partial charge in [-0.05, 0) is 28.7 Å². The summed E-state index contributed by atoms with van der Waals surface area (Å²) in [7, 11) is 1.55. The smallest absolute Gasteiger partial charge is 0.317 e. The molecule has 0 unspecified atom stereocenters. The average Bonchev–Trinajstić information content (AvgIpc) is 2.04. The number of nitrogens with zero attached hydrogens (tertiary/aromatic N) is 1. The Morgan fingerprint density at radius 1 is 1.58 bits per heavy atom. The van der Waals surface area contributed by atoms with E-state index in [1.807, 2.05) is 22.6 Å². The van der Waals surface area contributed by atoms with E-state index in [-0.39, 0.29) is 10.6 Å². The maximum absolute atomic E-state index is 10.4. The Kier molecular flexibility index (Phi) is 2.85. The summed E-state index contributed by atoms with van der Waals surface area (Å²) in [4.78, 5) is 10.2. The van der Waals surface area contributed by atoms with E-state index < -0.39 is 0 Å². The standard InChI is InChI=1S/C7H7INO3/c1-12-7-3-2-5(9(10)11)4-6(7)8/h2-4H,1H3,(H,10,11)/q+1. The summed E-state index contributed by atoms with van der Waals surface area (Å²) in [6, 6.07) is 4.64. The van der Waals surface area contributed by atoms with Crippen molar-refractivity contribution in [1.82, 2.24) is 0 Å². The summed E-state index contributed by atoms with van der Waals surface area (Å²) in [5, 5.41) is 8.55. The Hall–Kier alpha value is -0.850. The lowest BCUT2D eigenvalue weighted by Crippen LogP contribution is -1.93. The molecular weight excluding hydrogens is 273 g/mol. The molecule has 5 heteroatoms. The van der Waals surface area contributed by atoms with E-state index in [1.165, 1.54) is 12.1 Å². The maximum atomic E-state index is 10.4. The largest absolute Gasteiger partial charge is 0.496 e. The van der Waals surface area contributed by atoms with E-state index in [0.717, 1.165) is 3.57 Å². The number of rotatable bonds is 2. The van der Waals surface area contributed by atoms with Crippen LogP contribution < -0.4 is 4.74 Å². The number of hydrogen-bond donors (Lipinski definition) is 1. The molecule has 0 aliphatic carbocycles. The molecule has 64 valence electrons. The van der Waals surface area contributed by atoms with E-state index in [9.17, 15) is 4.91 Å². The number of ether oxygens (including phenoxy) is 1. The Labute approximate surface area is 82.8 Å². The Bertz CT molecular complexity index is 314. The van der Waals surface area contributed by atoms with Gasteiger partial charge in [0.05, 0.1) is 15.6 Å². The second kappa shape index (κ2) is 3.70. The lowest BCUT2D eigenvalue weighted by molar-refractivity contribution is -0.729. The van der Waals surface area contributed by atoms with Gasteiger partial charge in [0.25, 0.3) is 4.92 Å². The first-order valence-corrected chi connectivity index (χ1v) is 4.22. The average molecular weight is 280 g/mol. The molecule has 0 radical (unpaired) electrons. The number of halogens is 1. The Morgan fingerprint density at radius 2 is 2.25 bits per heavy atom. The quantitative estimate of drug-likeness (QED) is 0.666. The lowest BCUT2D eigenvalue weighted by Gasteiger charge is -1.99. The molecule has 0 saturated carbocycles. The Balaban J connectivity index is 3.10.